The number of pyridine rings is 1. The van der Waals surface area contributed by atoms with Crippen molar-refractivity contribution in [2.75, 3.05) is 0 Å². The number of hydrogen-bond acceptors (Lipinski definition) is 4. The second kappa shape index (κ2) is 5.23. The van der Waals surface area contributed by atoms with Gasteiger partial charge >= 0.3 is 5.97 Å². The average molecular weight is 331 g/mol. The Morgan fingerprint density at radius 1 is 1.43 bits per heavy atom. The van der Waals surface area contributed by atoms with Gasteiger partial charge in [-0.3, -0.25) is 0 Å². The molecule has 0 saturated heterocycles. The highest BCUT2D eigenvalue weighted by atomic mass is 35.5. The van der Waals surface area contributed by atoms with Crippen LogP contribution in [0.2, 0.25) is 5.02 Å². The maximum absolute atomic E-state index is 12.3. The maximum Gasteiger partial charge on any atom is 0.346 e. The van der Waals surface area contributed by atoms with Crippen LogP contribution in [-0.2, 0) is 16.8 Å². The van der Waals surface area contributed by atoms with Crippen molar-refractivity contribution < 1.29 is 19.7 Å². The number of halogens is 1. The molecule has 0 amide bonds. The Kier molecular flexibility index (Phi) is 3.48. The topological polar surface area (TPSA) is 108 Å². The first-order valence-corrected chi connectivity index (χ1v) is 7.17. The summed E-state index contributed by atoms with van der Waals surface area (Å²) >= 11 is 5.96. The number of aromatic nitrogens is 1. The minimum absolute atomic E-state index is 0.0655. The molecule has 1 atom stereocenters. The van der Waals surface area contributed by atoms with Crippen molar-refractivity contribution >= 4 is 17.6 Å². The van der Waals surface area contributed by atoms with Crippen LogP contribution in [0.3, 0.4) is 0 Å². The fraction of sp³-hybridized carbons (Fsp3) is 0.188. The molecule has 0 saturated carbocycles. The predicted molar refractivity (Wildman–Crippen MR) is 80.4 cm³/mol. The average Bonchev–Trinajstić information content (AvgIpc) is 2.86. The van der Waals surface area contributed by atoms with Crippen LogP contribution < -0.4 is 4.73 Å². The fourth-order valence-corrected chi connectivity index (χ4v) is 3.08. The first-order valence-electron chi connectivity index (χ1n) is 6.79. The van der Waals surface area contributed by atoms with E-state index in [1.165, 1.54) is 0 Å². The molecule has 1 aromatic carbocycles. The van der Waals surface area contributed by atoms with Crippen LogP contribution in [0.15, 0.2) is 30.5 Å². The third-order valence-corrected chi connectivity index (χ3v) is 4.26. The monoisotopic (exact) mass is 330 g/mol. The number of benzene rings is 1. The minimum Gasteiger partial charge on any atom is -0.618 e. The number of fused-ring (bicyclic) bond motifs is 1. The summed E-state index contributed by atoms with van der Waals surface area (Å²) in [6.45, 7) is 0. The van der Waals surface area contributed by atoms with Crippen LogP contribution in [0, 0.1) is 16.5 Å². The first-order chi connectivity index (χ1) is 10.9. The molecule has 0 bridgehead atoms. The van der Waals surface area contributed by atoms with Gasteiger partial charge in [-0.1, -0.05) is 11.6 Å². The lowest BCUT2D eigenvalue weighted by Crippen LogP contribution is -2.45. The molecule has 0 aliphatic heterocycles. The molecule has 1 unspecified atom stereocenters. The summed E-state index contributed by atoms with van der Waals surface area (Å²) in [5.41, 5.74) is -0.617. The lowest BCUT2D eigenvalue weighted by Gasteiger charge is -2.17. The number of nitriles is 1. The van der Waals surface area contributed by atoms with Gasteiger partial charge in [-0.2, -0.15) is 9.99 Å². The van der Waals surface area contributed by atoms with Gasteiger partial charge < -0.3 is 15.4 Å². The van der Waals surface area contributed by atoms with Crippen LogP contribution in [0.4, 0.5) is 0 Å². The van der Waals surface area contributed by atoms with Gasteiger partial charge in [0.15, 0.2) is 6.20 Å². The molecule has 0 fully saturated rings. The van der Waals surface area contributed by atoms with E-state index >= 15 is 0 Å². The zero-order valence-electron chi connectivity index (χ0n) is 11.8. The minimum atomic E-state index is -2.18. The SMILES string of the molecule is N#Cc1ccc(Cl)cc1-c1cc2c([n+]([O-])c1)C(O)(C(=O)O)CC2. The molecule has 1 aliphatic carbocycles. The van der Waals surface area contributed by atoms with Crippen molar-refractivity contribution in [1.29, 1.82) is 5.26 Å². The van der Waals surface area contributed by atoms with Gasteiger partial charge in [0.1, 0.15) is 0 Å². The number of rotatable bonds is 2. The Balaban J connectivity index is 2.21. The van der Waals surface area contributed by atoms with Gasteiger partial charge in [-0.25, -0.2) is 4.79 Å². The molecule has 0 spiro atoms. The van der Waals surface area contributed by atoms with Gasteiger partial charge in [0, 0.05) is 28.1 Å². The molecule has 0 radical (unpaired) electrons. The quantitative estimate of drug-likeness (QED) is 0.644. The number of carboxylic acid groups (broad SMARTS) is 1. The molecular weight excluding hydrogens is 320 g/mol. The Bertz CT molecular complexity index is 875. The van der Waals surface area contributed by atoms with Crippen molar-refractivity contribution in [3.8, 4) is 17.2 Å². The van der Waals surface area contributed by atoms with Crippen LogP contribution in [0.1, 0.15) is 23.2 Å². The summed E-state index contributed by atoms with van der Waals surface area (Å²) in [6.07, 6.45) is 1.35. The van der Waals surface area contributed by atoms with Crippen molar-refractivity contribution in [1.82, 2.24) is 0 Å². The molecule has 6 nitrogen and oxygen atoms in total. The summed E-state index contributed by atoms with van der Waals surface area (Å²) in [4.78, 5) is 11.3. The van der Waals surface area contributed by atoms with Crippen molar-refractivity contribution in [2.24, 2.45) is 0 Å². The Morgan fingerprint density at radius 2 is 2.17 bits per heavy atom. The highest BCUT2D eigenvalue weighted by Crippen LogP contribution is 2.37. The van der Waals surface area contributed by atoms with Gasteiger partial charge in [-0.05, 0) is 30.7 Å². The second-order valence-electron chi connectivity index (χ2n) is 5.40. The van der Waals surface area contributed by atoms with Crippen LogP contribution in [0.25, 0.3) is 11.1 Å². The number of carbonyl (C=O) groups is 1. The van der Waals surface area contributed by atoms with E-state index in [0.717, 1.165) is 6.20 Å². The summed E-state index contributed by atoms with van der Waals surface area (Å²) in [6, 6.07) is 8.35. The number of carboxylic acids is 1. The van der Waals surface area contributed by atoms with Crippen molar-refractivity contribution in [3.63, 3.8) is 0 Å². The molecule has 2 N–H and O–H groups in total. The van der Waals surface area contributed by atoms with E-state index in [4.69, 9.17) is 11.6 Å². The van der Waals surface area contributed by atoms with Crippen LogP contribution in [0.5, 0.6) is 0 Å². The molecule has 2 aromatic rings. The van der Waals surface area contributed by atoms with Gasteiger partial charge in [0.05, 0.1) is 11.6 Å². The number of hydrogen-bond donors (Lipinski definition) is 2. The van der Waals surface area contributed by atoms with E-state index < -0.39 is 11.6 Å². The highest BCUT2D eigenvalue weighted by molar-refractivity contribution is 6.30. The summed E-state index contributed by atoms with van der Waals surface area (Å²) < 4.78 is 0.369. The first kappa shape index (κ1) is 15.3. The van der Waals surface area contributed by atoms with Crippen molar-refractivity contribution in [2.45, 2.75) is 18.4 Å². The van der Waals surface area contributed by atoms with E-state index in [-0.39, 0.29) is 18.5 Å². The molecule has 1 aromatic heterocycles. The third kappa shape index (κ3) is 2.31. The molecule has 116 valence electrons. The Hall–Kier alpha value is -2.62. The molecule has 3 rings (SSSR count). The van der Waals surface area contributed by atoms with Crippen LogP contribution >= 0.6 is 11.6 Å². The number of aryl methyl sites for hydroxylation is 1. The van der Waals surface area contributed by atoms with Gasteiger partial charge in [0.25, 0.3) is 0 Å². The molecule has 1 aliphatic rings. The maximum atomic E-state index is 12.3. The number of aliphatic carboxylic acids is 1. The van der Waals surface area contributed by atoms with Gasteiger partial charge in [-0.15, -0.1) is 0 Å². The van der Waals surface area contributed by atoms with E-state index in [1.54, 1.807) is 24.3 Å². The van der Waals surface area contributed by atoms with Crippen molar-refractivity contribution in [3.05, 3.63) is 57.5 Å². The van der Waals surface area contributed by atoms with E-state index in [1.807, 2.05) is 6.07 Å². The lowest BCUT2D eigenvalue weighted by molar-refractivity contribution is -0.620. The number of aliphatic hydroxyl groups is 1. The largest absolute Gasteiger partial charge is 0.618 e. The Labute approximate surface area is 136 Å². The molecular formula is C16H11ClN2O4. The summed E-state index contributed by atoms with van der Waals surface area (Å²) in [5, 5.41) is 41.3. The zero-order chi connectivity index (χ0) is 16.8. The highest BCUT2D eigenvalue weighted by Gasteiger charge is 2.51. The van der Waals surface area contributed by atoms with E-state index in [0.29, 0.717) is 32.0 Å². The summed E-state index contributed by atoms with van der Waals surface area (Å²) in [5.74, 6) is -1.45. The fourth-order valence-electron chi connectivity index (χ4n) is 2.91. The normalized spacial score (nSPS) is 19.2. The Morgan fingerprint density at radius 3 is 2.83 bits per heavy atom. The summed E-state index contributed by atoms with van der Waals surface area (Å²) in [7, 11) is 0. The molecule has 7 heteroatoms. The second-order valence-corrected chi connectivity index (χ2v) is 5.83. The predicted octanol–water partition coefficient (Wildman–Crippen LogP) is 1.73. The van der Waals surface area contributed by atoms with Crippen LogP contribution in [-0.4, -0.2) is 16.2 Å². The molecule has 23 heavy (non-hydrogen) atoms. The smallest absolute Gasteiger partial charge is 0.346 e. The number of nitrogens with zero attached hydrogens (tertiary/aromatic N) is 2. The van der Waals surface area contributed by atoms with Gasteiger partial charge in [0.2, 0.25) is 11.3 Å². The standard InChI is InChI=1S/C16H11ClN2O4/c17-12-2-1-10(7-18)13(6-12)11-5-9-3-4-16(22,15(20)21)14(9)19(23)8-11/h1-2,5-6,8,22H,3-4H2,(H,20,21). The lowest BCUT2D eigenvalue weighted by atomic mass is 9.98. The third-order valence-electron chi connectivity index (χ3n) is 4.03. The van der Waals surface area contributed by atoms with E-state index in [2.05, 4.69) is 0 Å². The zero-order valence-corrected chi connectivity index (χ0v) is 12.5. The van der Waals surface area contributed by atoms with E-state index in [9.17, 15) is 25.5 Å². The molecule has 1 heterocycles.